The largest absolute Gasteiger partial charge is 0.487 e. The van der Waals surface area contributed by atoms with Gasteiger partial charge in [0.25, 0.3) is 0 Å². The summed E-state index contributed by atoms with van der Waals surface area (Å²) in [6.45, 7) is 3.97. The number of rotatable bonds is 5. The maximum absolute atomic E-state index is 13.7. The van der Waals surface area contributed by atoms with Gasteiger partial charge in [0.1, 0.15) is 17.5 Å². The zero-order valence-electron chi connectivity index (χ0n) is 10.0. The average molecular weight is 222 g/mol. The molecule has 1 aromatic rings. The first-order valence-electron chi connectivity index (χ1n) is 6.08. The molecule has 16 heavy (non-hydrogen) atoms. The maximum atomic E-state index is 13.7. The lowest BCUT2D eigenvalue weighted by Crippen LogP contribution is -2.26. The van der Waals surface area contributed by atoms with Crippen LogP contribution in [0.2, 0.25) is 0 Å². The van der Waals surface area contributed by atoms with E-state index in [0.29, 0.717) is 12.8 Å². The van der Waals surface area contributed by atoms with E-state index in [1.54, 1.807) is 0 Å². The van der Waals surface area contributed by atoms with E-state index in [-0.39, 0.29) is 6.10 Å². The van der Waals surface area contributed by atoms with Gasteiger partial charge in [-0.05, 0) is 43.9 Å². The lowest BCUT2D eigenvalue weighted by molar-refractivity contribution is 0.0971. The van der Waals surface area contributed by atoms with Crippen molar-refractivity contribution in [1.29, 1.82) is 0 Å². The molecule has 2 heteroatoms. The van der Waals surface area contributed by atoms with Gasteiger partial charge in [0.05, 0.1) is 0 Å². The molecule has 1 aromatic carbocycles. The monoisotopic (exact) mass is 222 g/mol. The molecular formula is C14H19FO. The molecule has 0 spiro atoms. The van der Waals surface area contributed by atoms with Crippen molar-refractivity contribution in [1.82, 2.24) is 0 Å². The van der Waals surface area contributed by atoms with Crippen molar-refractivity contribution in [3.63, 3.8) is 0 Å². The maximum Gasteiger partial charge on any atom is 0.147 e. The van der Waals surface area contributed by atoms with Gasteiger partial charge in [0, 0.05) is 0 Å². The second kappa shape index (κ2) is 4.44. The van der Waals surface area contributed by atoms with Crippen LogP contribution in [0.25, 0.3) is 0 Å². The summed E-state index contributed by atoms with van der Waals surface area (Å²) in [4.78, 5) is 0. The molecule has 1 fully saturated rings. The lowest BCUT2D eigenvalue weighted by atomic mass is 10.1. The van der Waals surface area contributed by atoms with Crippen LogP contribution in [0, 0.1) is 0 Å². The number of aryl methyl sites for hydroxylation is 1. The summed E-state index contributed by atoms with van der Waals surface area (Å²) in [6, 6.07) is 7.99. The second-order valence-corrected chi connectivity index (χ2v) is 4.69. The molecule has 1 aliphatic carbocycles. The van der Waals surface area contributed by atoms with Gasteiger partial charge in [0.15, 0.2) is 0 Å². The van der Waals surface area contributed by atoms with Crippen LogP contribution < -0.4 is 4.74 Å². The fourth-order valence-electron chi connectivity index (χ4n) is 1.86. The normalized spacial score (nSPS) is 19.2. The van der Waals surface area contributed by atoms with Crippen molar-refractivity contribution in [3.8, 4) is 5.75 Å². The van der Waals surface area contributed by atoms with Crippen molar-refractivity contribution in [2.24, 2.45) is 0 Å². The van der Waals surface area contributed by atoms with Crippen molar-refractivity contribution in [2.75, 3.05) is 0 Å². The van der Waals surface area contributed by atoms with Crippen LogP contribution in [0.3, 0.4) is 0 Å². The number of alkyl halides is 1. The Morgan fingerprint density at radius 1 is 1.31 bits per heavy atom. The van der Waals surface area contributed by atoms with Crippen LogP contribution in [0.15, 0.2) is 24.3 Å². The summed E-state index contributed by atoms with van der Waals surface area (Å²) in [6.07, 6.45) is 3.18. The van der Waals surface area contributed by atoms with Crippen LogP contribution in [0.4, 0.5) is 4.39 Å². The Bertz CT molecular complexity index is 340. The van der Waals surface area contributed by atoms with E-state index in [9.17, 15) is 4.39 Å². The molecule has 1 nitrogen and oxygen atoms in total. The van der Waals surface area contributed by atoms with Crippen LogP contribution in [-0.4, -0.2) is 11.8 Å². The highest BCUT2D eigenvalue weighted by atomic mass is 19.1. The predicted octanol–water partition coefficient (Wildman–Crippen LogP) is 3.91. The van der Waals surface area contributed by atoms with Gasteiger partial charge in [-0.25, -0.2) is 4.39 Å². The van der Waals surface area contributed by atoms with Gasteiger partial charge in [-0.15, -0.1) is 0 Å². The quantitative estimate of drug-likeness (QED) is 0.734. The Morgan fingerprint density at radius 3 is 2.44 bits per heavy atom. The molecule has 88 valence electrons. The molecule has 1 saturated carbocycles. The number of ether oxygens (including phenoxy) is 1. The Hall–Kier alpha value is -1.05. The number of hydrogen-bond donors (Lipinski definition) is 0. The molecule has 0 aromatic heterocycles. The van der Waals surface area contributed by atoms with E-state index < -0.39 is 5.67 Å². The SMILES string of the molecule is CCCc1ccc(O[C@@H](C)C2(F)CC2)cc1. The molecular weight excluding hydrogens is 203 g/mol. The highest BCUT2D eigenvalue weighted by Gasteiger charge is 2.49. The third-order valence-electron chi connectivity index (χ3n) is 3.23. The smallest absolute Gasteiger partial charge is 0.147 e. The van der Waals surface area contributed by atoms with E-state index in [2.05, 4.69) is 19.1 Å². The van der Waals surface area contributed by atoms with Crippen LogP contribution in [-0.2, 0) is 6.42 Å². The summed E-state index contributed by atoms with van der Waals surface area (Å²) in [5.74, 6) is 0.774. The van der Waals surface area contributed by atoms with E-state index >= 15 is 0 Å². The standard InChI is InChI=1S/C14H19FO/c1-3-4-12-5-7-13(8-6-12)16-11(2)14(15)9-10-14/h5-8,11H,3-4,9-10H2,1-2H3/t11-/m0/s1. The molecule has 0 heterocycles. The van der Waals surface area contributed by atoms with E-state index in [1.807, 2.05) is 19.1 Å². The van der Waals surface area contributed by atoms with Gasteiger partial charge in [-0.2, -0.15) is 0 Å². The van der Waals surface area contributed by atoms with Gasteiger partial charge >= 0.3 is 0 Å². The lowest BCUT2D eigenvalue weighted by Gasteiger charge is -2.18. The molecule has 0 amide bonds. The number of benzene rings is 1. The fourth-order valence-corrected chi connectivity index (χ4v) is 1.86. The van der Waals surface area contributed by atoms with E-state index in [1.165, 1.54) is 5.56 Å². The van der Waals surface area contributed by atoms with Crippen LogP contribution in [0.5, 0.6) is 5.75 Å². The number of halogens is 1. The summed E-state index contributed by atoms with van der Waals surface area (Å²) >= 11 is 0. The number of hydrogen-bond acceptors (Lipinski definition) is 1. The Morgan fingerprint density at radius 2 is 1.94 bits per heavy atom. The zero-order chi connectivity index (χ0) is 11.6. The summed E-state index contributed by atoms with van der Waals surface area (Å²) in [7, 11) is 0. The van der Waals surface area contributed by atoms with Gasteiger partial charge < -0.3 is 4.74 Å². The minimum Gasteiger partial charge on any atom is -0.487 e. The first kappa shape index (κ1) is 11.4. The molecule has 0 N–H and O–H groups in total. The molecule has 1 atom stereocenters. The Kier molecular flexibility index (Phi) is 3.17. The second-order valence-electron chi connectivity index (χ2n) is 4.69. The van der Waals surface area contributed by atoms with Crippen molar-refractivity contribution in [3.05, 3.63) is 29.8 Å². The molecule has 0 aliphatic heterocycles. The first-order valence-corrected chi connectivity index (χ1v) is 6.08. The van der Waals surface area contributed by atoms with Gasteiger partial charge in [-0.1, -0.05) is 25.5 Å². The minimum absolute atomic E-state index is 0.329. The van der Waals surface area contributed by atoms with Crippen molar-refractivity contribution in [2.45, 2.75) is 51.3 Å². The highest BCUT2D eigenvalue weighted by Crippen LogP contribution is 2.44. The highest BCUT2D eigenvalue weighted by molar-refractivity contribution is 5.28. The Balaban J connectivity index is 1.94. The molecule has 0 radical (unpaired) electrons. The first-order chi connectivity index (χ1) is 7.64. The van der Waals surface area contributed by atoms with Crippen molar-refractivity contribution < 1.29 is 9.13 Å². The van der Waals surface area contributed by atoms with E-state index in [4.69, 9.17) is 4.74 Å². The minimum atomic E-state index is -1.07. The van der Waals surface area contributed by atoms with Gasteiger partial charge in [0.2, 0.25) is 0 Å². The zero-order valence-corrected chi connectivity index (χ0v) is 10.0. The van der Waals surface area contributed by atoms with Crippen LogP contribution in [0.1, 0.15) is 38.7 Å². The van der Waals surface area contributed by atoms with E-state index in [0.717, 1.165) is 18.6 Å². The molecule has 2 rings (SSSR count). The topological polar surface area (TPSA) is 9.23 Å². The third-order valence-corrected chi connectivity index (χ3v) is 3.23. The summed E-state index contributed by atoms with van der Waals surface area (Å²) < 4.78 is 19.3. The fraction of sp³-hybridized carbons (Fsp3) is 0.571. The summed E-state index contributed by atoms with van der Waals surface area (Å²) in [5, 5.41) is 0. The Labute approximate surface area is 96.6 Å². The molecule has 1 aliphatic rings. The molecule has 0 saturated heterocycles. The van der Waals surface area contributed by atoms with Crippen LogP contribution >= 0.6 is 0 Å². The molecule has 0 bridgehead atoms. The van der Waals surface area contributed by atoms with Crippen molar-refractivity contribution >= 4 is 0 Å². The third kappa shape index (κ3) is 2.55. The average Bonchev–Trinajstić information content (AvgIpc) is 3.01. The summed E-state index contributed by atoms with van der Waals surface area (Å²) in [5.41, 5.74) is 0.242. The molecule has 0 unspecified atom stereocenters. The van der Waals surface area contributed by atoms with Gasteiger partial charge in [-0.3, -0.25) is 0 Å². The predicted molar refractivity (Wildman–Crippen MR) is 63.6 cm³/mol.